The number of hydrogen-bond donors (Lipinski definition) is 0. The molecular formula is C72H56N4O. The zero-order chi connectivity index (χ0) is 51.3. The van der Waals surface area contributed by atoms with Crippen molar-refractivity contribution in [1.29, 1.82) is 0 Å². The summed E-state index contributed by atoms with van der Waals surface area (Å²) in [5.41, 5.74) is 17.6. The van der Waals surface area contributed by atoms with Crippen molar-refractivity contribution in [3.63, 3.8) is 0 Å². The lowest BCUT2D eigenvalue weighted by molar-refractivity contribution is 0.668. The van der Waals surface area contributed by atoms with Gasteiger partial charge in [-0.2, -0.15) is 0 Å². The fraction of sp³-hybridized carbons (Fsp3) is 0.0556. The molecule has 2 aliphatic rings. The first-order valence-corrected chi connectivity index (χ1v) is 26.6. The van der Waals surface area contributed by atoms with Crippen LogP contribution in [0.5, 0.6) is 0 Å². The summed E-state index contributed by atoms with van der Waals surface area (Å²) in [4.78, 5) is 9.45. The number of fused-ring (bicyclic) bond motifs is 3. The number of rotatable bonds is 14. The van der Waals surface area contributed by atoms with Crippen LogP contribution in [0.1, 0.15) is 24.3 Å². The molecule has 10 aromatic carbocycles. The van der Waals surface area contributed by atoms with Crippen LogP contribution in [0.15, 0.2) is 314 Å². The van der Waals surface area contributed by atoms with Crippen LogP contribution in [-0.2, 0) is 0 Å². The van der Waals surface area contributed by atoms with E-state index in [1.165, 1.54) is 11.3 Å². The molecule has 77 heavy (non-hydrogen) atoms. The normalized spacial score (nSPS) is 14.8. The molecule has 370 valence electrons. The number of allylic oxidation sites excluding steroid dienone is 5. The Kier molecular flexibility index (Phi) is 12.9. The molecule has 1 heterocycles. The summed E-state index contributed by atoms with van der Waals surface area (Å²) in [6.45, 7) is 0. The number of furan rings is 1. The summed E-state index contributed by atoms with van der Waals surface area (Å²) in [6.07, 6.45) is 17.9. The molecule has 0 spiro atoms. The second-order valence-corrected chi connectivity index (χ2v) is 19.6. The quantitative estimate of drug-likeness (QED) is 0.108. The van der Waals surface area contributed by atoms with Gasteiger partial charge in [0.25, 0.3) is 0 Å². The second-order valence-electron chi connectivity index (χ2n) is 19.6. The standard InChI is InChI=1S/C72H56N4O/c1-7-19-57(20-8-1)73(58-21-9-2-10-22-58)63-39-31-53(32-40-63)55-35-43-65(44-36-55)75(61-27-15-5-16-28-61)67-47-49-71-69(51-67)70-52-68(48-50-72(70)77-71)76(62-29-17-6-18-30-62)66-45-37-56(38-46-66)54-33-41-64(42-34-54)74(59-23-11-3-12-24-59)60-25-13-4-14-26-60/h1-29,31-37,39-52,56,62H,30,38H2. The zero-order valence-corrected chi connectivity index (χ0v) is 42.6. The molecule has 2 unspecified atom stereocenters. The van der Waals surface area contributed by atoms with Gasteiger partial charge in [-0.25, -0.2) is 0 Å². The Morgan fingerprint density at radius 2 is 0.727 bits per heavy atom. The minimum Gasteiger partial charge on any atom is -0.456 e. The Labute approximate surface area is 451 Å². The van der Waals surface area contributed by atoms with Gasteiger partial charge >= 0.3 is 0 Å². The lowest BCUT2D eigenvalue weighted by atomic mass is 9.90. The van der Waals surface area contributed by atoms with Gasteiger partial charge in [0.1, 0.15) is 11.2 Å². The number of nitrogens with zero attached hydrogens (tertiary/aromatic N) is 4. The van der Waals surface area contributed by atoms with E-state index in [1.807, 2.05) is 0 Å². The third-order valence-electron chi connectivity index (χ3n) is 14.9. The highest BCUT2D eigenvalue weighted by molar-refractivity contribution is 6.08. The molecule has 2 aliphatic carbocycles. The molecule has 11 aromatic rings. The minimum atomic E-state index is 0.160. The van der Waals surface area contributed by atoms with Gasteiger partial charge in [0, 0.05) is 79.3 Å². The molecule has 0 fully saturated rings. The first-order chi connectivity index (χ1) is 38.2. The fourth-order valence-electron chi connectivity index (χ4n) is 11.1. The van der Waals surface area contributed by atoms with Crippen LogP contribution in [-0.4, -0.2) is 6.04 Å². The van der Waals surface area contributed by atoms with Crippen molar-refractivity contribution < 1.29 is 4.42 Å². The summed E-state index contributed by atoms with van der Waals surface area (Å²) in [6, 6.07) is 93.2. The summed E-state index contributed by atoms with van der Waals surface area (Å²) in [5.74, 6) is 0.268. The van der Waals surface area contributed by atoms with Gasteiger partial charge in [0.2, 0.25) is 0 Å². The Balaban J connectivity index is 0.787. The molecule has 0 amide bonds. The van der Waals surface area contributed by atoms with E-state index in [4.69, 9.17) is 4.42 Å². The maximum Gasteiger partial charge on any atom is 0.135 e. The molecule has 13 rings (SSSR count). The molecule has 0 radical (unpaired) electrons. The minimum absolute atomic E-state index is 0.160. The maximum atomic E-state index is 6.60. The van der Waals surface area contributed by atoms with Crippen molar-refractivity contribution in [3.05, 3.63) is 315 Å². The Bertz CT molecular complexity index is 3830. The number of benzene rings is 10. The highest BCUT2D eigenvalue weighted by atomic mass is 16.3. The van der Waals surface area contributed by atoms with E-state index in [-0.39, 0.29) is 12.0 Å². The average Bonchev–Trinajstić information content (AvgIpc) is 3.88. The molecule has 0 saturated heterocycles. The molecule has 0 bridgehead atoms. The summed E-state index contributed by atoms with van der Waals surface area (Å²) in [7, 11) is 0. The van der Waals surface area contributed by atoms with Crippen LogP contribution in [0.25, 0.3) is 33.1 Å². The van der Waals surface area contributed by atoms with E-state index >= 15 is 0 Å². The monoisotopic (exact) mass is 992 g/mol. The van der Waals surface area contributed by atoms with Crippen molar-refractivity contribution in [3.8, 4) is 11.1 Å². The molecule has 1 aromatic heterocycles. The van der Waals surface area contributed by atoms with Crippen LogP contribution in [0, 0.1) is 0 Å². The lowest BCUT2D eigenvalue weighted by Crippen LogP contribution is -2.33. The van der Waals surface area contributed by atoms with E-state index < -0.39 is 0 Å². The zero-order valence-electron chi connectivity index (χ0n) is 42.6. The van der Waals surface area contributed by atoms with Crippen molar-refractivity contribution in [2.45, 2.75) is 24.8 Å². The van der Waals surface area contributed by atoms with Crippen molar-refractivity contribution >= 4 is 78.8 Å². The SMILES string of the molecule is C1=CCC(N(C2=CCC(c3ccc(N(c4ccccc4)c4ccccc4)cc3)C=C2)c2ccc3oc4ccc(N(c5ccccc5)c5ccc(-c6ccc(N(c7ccccc7)c7ccccc7)cc6)cc5)cc4c3c2)C=C1. The number of hydrogen-bond acceptors (Lipinski definition) is 5. The van der Waals surface area contributed by atoms with Gasteiger partial charge in [-0.3, -0.25) is 0 Å². The van der Waals surface area contributed by atoms with Crippen molar-refractivity contribution in [2.24, 2.45) is 0 Å². The highest BCUT2D eigenvalue weighted by Crippen LogP contribution is 2.43. The Hall–Kier alpha value is -9.84. The van der Waals surface area contributed by atoms with Crippen LogP contribution in [0.2, 0.25) is 0 Å². The Morgan fingerprint density at radius 3 is 1.14 bits per heavy atom. The summed E-state index contributed by atoms with van der Waals surface area (Å²) < 4.78 is 6.60. The highest BCUT2D eigenvalue weighted by Gasteiger charge is 2.25. The second kappa shape index (κ2) is 21.2. The number of anilines is 10. The smallest absolute Gasteiger partial charge is 0.135 e. The molecule has 0 saturated carbocycles. The lowest BCUT2D eigenvalue weighted by Gasteiger charge is -2.35. The first-order valence-electron chi connectivity index (χ1n) is 26.6. The largest absolute Gasteiger partial charge is 0.456 e. The topological polar surface area (TPSA) is 26.1 Å². The first kappa shape index (κ1) is 46.9. The molecular weight excluding hydrogens is 937 g/mol. The molecule has 5 nitrogen and oxygen atoms in total. The maximum absolute atomic E-state index is 6.60. The third kappa shape index (κ3) is 9.63. The summed E-state index contributed by atoms with van der Waals surface area (Å²) in [5, 5.41) is 2.16. The third-order valence-corrected chi connectivity index (χ3v) is 14.9. The van der Waals surface area contributed by atoms with Gasteiger partial charge in [-0.1, -0.05) is 164 Å². The van der Waals surface area contributed by atoms with Gasteiger partial charge in [0.15, 0.2) is 0 Å². The van der Waals surface area contributed by atoms with Crippen LogP contribution in [0.3, 0.4) is 0 Å². The molecule has 0 aliphatic heterocycles. The number of para-hydroxylation sites is 5. The van der Waals surface area contributed by atoms with Gasteiger partial charge in [0.05, 0.1) is 6.04 Å². The Morgan fingerprint density at radius 1 is 0.338 bits per heavy atom. The van der Waals surface area contributed by atoms with E-state index in [9.17, 15) is 0 Å². The van der Waals surface area contributed by atoms with Gasteiger partial charge < -0.3 is 24.0 Å². The van der Waals surface area contributed by atoms with Crippen LogP contribution in [0.4, 0.5) is 56.9 Å². The van der Waals surface area contributed by atoms with E-state index in [1.54, 1.807) is 0 Å². The van der Waals surface area contributed by atoms with Crippen molar-refractivity contribution in [1.82, 2.24) is 0 Å². The average molecular weight is 993 g/mol. The van der Waals surface area contributed by atoms with E-state index in [0.29, 0.717) is 0 Å². The summed E-state index contributed by atoms with van der Waals surface area (Å²) >= 11 is 0. The van der Waals surface area contributed by atoms with Crippen LogP contribution >= 0.6 is 0 Å². The molecule has 2 atom stereocenters. The fourth-order valence-corrected chi connectivity index (χ4v) is 11.1. The predicted molar refractivity (Wildman–Crippen MR) is 323 cm³/mol. The van der Waals surface area contributed by atoms with E-state index in [2.05, 4.69) is 323 Å². The van der Waals surface area contributed by atoms with Gasteiger partial charge in [-0.15, -0.1) is 0 Å². The predicted octanol–water partition coefficient (Wildman–Crippen LogP) is 20.0. The van der Waals surface area contributed by atoms with E-state index in [0.717, 1.165) is 103 Å². The van der Waals surface area contributed by atoms with Crippen LogP contribution < -0.4 is 19.6 Å². The van der Waals surface area contributed by atoms with Gasteiger partial charge in [-0.05, 0) is 169 Å². The molecule has 0 N–H and O–H groups in total. The molecule has 5 heteroatoms. The van der Waals surface area contributed by atoms with Crippen molar-refractivity contribution in [2.75, 3.05) is 19.6 Å².